The molecule has 1 aliphatic heterocycles. The van der Waals surface area contributed by atoms with Crippen LogP contribution in [0.15, 0.2) is 30.3 Å². The first-order valence-corrected chi connectivity index (χ1v) is 21.8. The molecular formula is C45H78N6O8. The molecule has 1 saturated heterocycles. The maximum absolute atomic E-state index is 14.5. The lowest BCUT2D eigenvalue weighted by molar-refractivity contribution is -0.148. The number of hydrogen-bond acceptors (Lipinski definition) is 9. The van der Waals surface area contributed by atoms with Crippen molar-refractivity contribution in [1.82, 2.24) is 25.3 Å². The molecule has 2 rings (SSSR count). The van der Waals surface area contributed by atoms with Gasteiger partial charge in [-0.15, -0.1) is 0 Å². The van der Waals surface area contributed by atoms with Gasteiger partial charge in [-0.3, -0.25) is 24.0 Å². The number of hydrogen-bond donors (Lipinski definition) is 4. The van der Waals surface area contributed by atoms with Gasteiger partial charge in [0.05, 0.1) is 48.8 Å². The van der Waals surface area contributed by atoms with Crippen molar-refractivity contribution >= 4 is 29.5 Å². The highest BCUT2D eigenvalue weighted by molar-refractivity contribution is 5.92. The predicted octanol–water partition coefficient (Wildman–Crippen LogP) is 4.29. The van der Waals surface area contributed by atoms with Crippen molar-refractivity contribution in [3.8, 4) is 0 Å². The third-order valence-electron chi connectivity index (χ3n) is 12.3. The van der Waals surface area contributed by atoms with Crippen LogP contribution in [0.2, 0.25) is 0 Å². The van der Waals surface area contributed by atoms with E-state index in [4.69, 9.17) is 15.2 Å². The molecule has 59 heavy (non-hydrogen) atoms. The van der Waals surface area contributed by atoms with Crippen molar-refractivity contribution < 1.29 is 38.6 Å². The molecule has 1 aromatic rings. The number of ether oxygens (including phenoxy) is 2. The minimum Gasteiger partial charge on any atom is -0.386 e. The summed E-state index contributed by atoms with van der Waals surface area (Å²) in [5.74, 6) is -2.47. The number of nitrogens with one attached hydrogen (secondary N) is 2. The minimum absolute atomic E-state index is 0.0107. The molecule has 1 aromatic carbocycles. The number of aliphatic hydroxyl groups is 1. The second kappa shape index (κ2) is 25.2. The highest BCUT2D eigenvalue weighted by Gasteiger charge is 2.43. The third-order valence-corrected chi connectivity index (χ3v) is 12.3. The van der Waals surface area contributed by atoms with Gasteiger partial charge in [-0.1, -0.05) is 91.6 Å². The first-order valence-electron chi connectivity index (χ1n) is 21.8. The summed E-state index contributed by atoms with van der Waals surface area (Å²) in [5, 5.41) is 16.8. The summed E-state index contributed by atoms with van der Waals surface area (Å²) in [7, 11) is 6.42. The molecule has 0 unspecified atom stereocenters. The van der Waals surface area contributed by atoms with Gasteiger partial charge in [0.2, 0.25) is 29.5 Å². The topological polar surface area (TPSA) is 184 Å². The van der Waals surface area contributed by atoms with E-state index in [9.17, 15) is 29.1 Å². The zero-order valence-corrected chi connectivity index (χ0v) is 38.1. The molecule has 0 saturated carbocycles. The number of unbranched alkanes of at least 4 members (excludes halogenated alkanes) is 2. The van der Waals surface area contributed by atoms with E-state index in [0.29, 0.717) is 44.3 Å². The molecule has 0 aromatic heterocycles. The van der Waals surface area contributed by atoms with Crippen molar-refractivity contribution in [1.29, 1.82) is 0 Å². The Morgan fingerprint density at radius 3 is 2.07 bits per heavy atom. The van der Waals surface area contributed by atoms with E-state index in [1.807, 2.05) is 71.9 Å². The molecule has 14 nitrogen and oxygen atoms in total. The van der Waals surface area contributed by atoms with Crippen molar-refractivity contribution in [3.63, 3.8) is 0 Å². The van der Waals surface area contributed by atoms with E-state index >= 15 is 0 Å². The number of carbonyl (C=O) groups excluding carboxylic acids is 5. The number of nitrogens with two attached hydrogens (primary N) is 1. The number of methoxy groups -OCH3 is 2. The molecule has 5 N–H and O–H groups in total. The second-order valence-corrected chi connectivity index (χ2v) is 17.3. The summed E-state index contributed by atoms with van der Waals surface area (Å²) in [6, 6.07) is 6.05. The first kappa shape index (κ1) is 51.6. The Kier molecular flexibility index (Phi) is 22.1. The lowest BCUT2D eigenvalue weighted by atomic mass is 9.89. The van der Waals surface area contributed by atoms with Crippen LogP contribution in [0.25, 0.3) is 0 Å². The number of likely N-dealkylation sites (N-methyl/N-ethyl adjacent to an activating group) is 2. The van der Waals surface area contributed by atoms with Crippen molar-refractivity contribution in [3.05, 3.63) is 35.9 Å². The Balaban J connectivity index is 2.26. The molecule has 5 amide bonds. The van der Waals surface area contributed by atoms with Gasteiger partial charge in [0, 0.05) is 41.3 Å². The Labute approximate surface area is 354 Å². The van der Waals surface area contributed by atoms with Gasteiger partial charge < -0.3 is 45.6 Å². The summed E-state index contributed by atoms with van der Waals surface area (Å²) in [4.78, 5) is 74.2. The quantitative estimate of drug-likeness (QED) is 0.105. The number of benzene rings is 1. The van der Waals surface area contributed by atoms with Crippen LogP contribution in [0.3, 0.4) is 0 Å². The van der Waals surface area contributed by atoms with Crippen LogP contribution in [0.4, 0.5) is 0 Å². The minimum atomic E-state index is -0.893. The van der Waals surface area contributed by atoms with Gasteiger partial charge in [-0.2, -0.15) is 0 Å². The van der Waals surface area contributed by atoms with E-state index in [-0.39, 0.29) is 53.8 Å². The summed E-state index contributed by atoms with van der Waals surface area (Å²) >= 11 is 0. The number of rotatable bonds is 25. The van der Waals surface area contributed by atoms with E-state index in [2.05, 4.69) is 10.6 Å². The molecular weight excluding hydrogens is 753 g/mol. The molecule has 10 atom stereocenters. The van der Waals surface area contributed by atoms with E-state index < -0.39 is 54.3 Å². The van der Waals surface area contributed by atoms with Crippen molar-refractivity contribution in [2.24, 2.45) is 29.4 Å². The Morgan fingerprint density at radius 2 is 1.53 bits per heavy atom. The van der Waals surface area contributed by atoms with Crippen LogP contribution in [0.5, 0.6) is 0 Å². The van der Waals surface area contributed by atoms with E-state index in [1.165, 1.54) is 4.90 Å². The van der Waals surface area contributed by atoms with Crippen LogP contribution in [-0.4, -0.2) is 133 Å². The van der Waals surface area contributed by atoms with Gasteiger partial charge in [-0.25, -0.2) is 0 Å². The number of amides is 5. The van der Waals surface area contributed by atoms with Gasteiger partial charge in [-0.05, 0) is 62.5 Å². The second-order valence-electron chi connectivity index (χ2n) is 17.3. The molecule has 0 bridgehead atoms. The zero-order chi connectivity index (χ0) is 44.6. The molecule has 0 aliphatic carbocycles. The maximum Gasteiger partial charge on any atom is 0.245 e. The fourth-order valence-electron chi connectivity index (χ4n) is 8.51. The van der Waals surface area contributed by atoms with Crippen LogP contribution in [0, 0.1) is 23.7 Å². The molecule has 336 valence electrons. The summed E-state index contributed by atoms with van der Waals surface area (Å²) < 4.78 is 12.0. The number of nitrogens with zero attached hydrogens (tertiary/aromatic N) is 3. The van der Waals surface area contributed by atoms with Gasteiger partial charge in [0.25, 0.3) is 0 Å². The largest absolute Gasteiger partial charge is 0.386 e. The van der Waals surface area contributed by atoms with Gasteiger partial charge in [0.1, 0.15) is 12.1 Å². The first-order chi connectivity index (χ1) is 27.9. The Morgan fingerprint density at radius 1 is 0.881 bits per heavy atom. The summed E-state index contributed by atoms with van der Waals surface area (Å²) in [5.41, 5.74) is 6.31. The monoisotopic (exact) mass is 831 g/mol. The number of aliphatic hydroxyl groups excluding tert-OH is 1. The van der Waals surface area contributed by atoms with E-state index in [0.717, 1.165) is 19.3 Å². The van der Waals surface area contributed by atoms with Crippen LogP contribution in [0.1, 0.15) is 118 Å². The fraction of sp³-hybridized carbons (Fsp3) is 0.756. The number of likely N-dealkylation sites (tertiary alicyclic amines) is 1. The molecule has 1 heterocycles. The fourth-order valence-corrected chi connectivity index (χ4v) is 8.51. The third kappa shape index (κ3) is 14.3. The van der Waals surface area contributed by atoms with Crippen molar-refractivity contribution in [2.45, 2.75) is 155 Å². The van der Waals surface area contributed by atoms with E-state index in [1.54, 1.807) is 52.0 Å². The molecule has 14 heteroatoms. The smallest absolute Gasteiger partial charge is 0.245 e. The lowest BCUT2D eigenvalue weighted by Gasteiger charge is -2.41. The van der Waals surface area contributed by atoms with Crippen LogP contribution < -0.4 is 16.4 Å². The van der Waals surface area contributed by atoms with Crippen LogP contribution >= 0.6 is 0 Å². The molecule has 1 fully saturated rings. The summed E-state index contributed by atoms with van der Waals surface area (Å²) in [6.07, 6.45) is 2.57. The van der Waals surface area contributed by atoms with Crippen LogP contribution in [-0.2, 0) is 33.4 Å². The average Bonchev–Trinajstić information content (AvgIpc) is 3.70. The maximum atomic E-state index is 14.5. The molecule has 0 spiro atoms. The SMILES string of the molecule is CC[C@H](C)[C@@H]([C@@H](CC(=O)N1CCC[C@H]1[C@H](OC)[C@@H](C)C(=O)N[C@H](C)[C@@H](O)c1ccccc1)OC)N(C)C(=O)[C@@H](NC(=O)[C@H](C(C)C)N(C)C(=O)CCCCCN)C(C)C. The summed E-state index contributed by atoms with van der Waals surface area (Å²) in [6.45, 7) is 16.1. The van der Waals surface area contributed by atoms with Gasteiger partial charge in [0.15, 0.2) is 0 Å². The van der Waals surface area contributed by atoms with Gasteiger partial charge >= 0.3 is 0 Å². The lowest BCUT2D eigenvalue weighted by Crippen LogP contribution is -2.60. The highest BCUT2D eigenvalue weighted by atomic mass is 16.5. The Hall–Kier alpha value is -3.59. The number of carbonyl (C=O) groups is 5. The molecule has 0 radical (unpaired) electrons. The average molecular weight is 831 g/mol. The zero-order valence-electron chi connectivity index (χ0n) is 38.1. The Bertz CT molecular complexity index is 1460. The molecule has 1 aliphatic rings. The standard InChI is InChI=1S/C45H78N6O8/c1-13-30(6)40(50(10)45(57)38(28(2)3)48-44(56)39(29(4)5)49(9)36(52)24-18-15-19-25-46)35(58-11)27-37(53)51-26-20-23-34(51)42(59-12)31(7)43(55)47-32(8)41(54)33-21-16-14-17-22-33/h14,16-17,21-22,28-32,34-35,38-42,54H,13,15,18-20,23-27,46H2,1-12H3,(H,47,55)(H,48,56)/t30-,31+,32+,34-,35+,38-,39-,40-,41+,42+/m0/s1. The van der Waals surface area contributed by atoms with Crippen molar-refractivity contribution in [2.75, 3.05) is 41.4 Å². The normalized spacial score (nSPS) is 18.9. The predicted molar refractivity (Wildman–Crippen MR) is 231 cm³/mol. The highest BCUT2D eigenvalue weighted by Crippen LogP contribution is 2.30.